The lowest BCUT2D eigenvalue weighted by molar-refractivity contribution is 0.0898. The fourth-order valence-electron chi connectivity index (χ4n) is 4.20. The summed E-state index contributed by atoms with van der Waals surface area (Å²) >= 11 is 3.46. The first-order chi connectivity index (χ1) is 14.6. The topological polar surface area (TPSA) is 54.7 Å². The van der Waals surface area contributed by atoms with Crippen LogP contribution in [0.15, 0.2) is 51.4 Å². The van der Waals surface area contributed by atoms with E-state index in [2.05, 4.69) is 38.3 Å². The van der Waals surface area contributed by atoms with Crippen LogP contribution in [0, 0.1) is 6.92 Å². The number of ether oxygens (including phenoxy) is 1. The van der Waals surface area contributed by atoms with Gasteiger partial charge < -0.3 is 14.5 Å². The predicted octanol–water partition coefficient (Wildman–Crippen LogP) is 5.47. The molecule has 0 aliphatic carbocycles. The van der Waals surface area contributed by atoms with Gasteiger partial charge >= 0.3 is 0 Å². The van der Waals surface area contributed by atoms with Crippen molar-refractivity contribution in [3.05, 3.63) is 63.8 Å². The summed E-state index contributed by atoms with van der Waals surface area (Å²) < 4.78 is 12.1. The lowest BCUT2D eigenvalue weighted by atomic mass is 10.0. The fraction of sp³-hybridized carbons (Fsp3) is 0.375. The van der Waals surface area contributed by atoms with Gasteiger partial charge in [0, 0.05) is 22.0 Å². The number of fused-ring (bicyclic) bond motifs is 1. The van der Waals surface area contributed by atoms with Gasteiger partial charge in [-0.05, 0) is 68.8 Å². The minimum Gasteiger partial charge on any atom is -0.497 e. The van der Waals surface area contributed by atoms with E-state index in [9.17, 15) is 4.79 Å². The molecule has 4 rings (SSSR count). The van der Waals surface area contributed by atoms with Crippen LogP contribution in [0.25, 0.3) is 11.0 Å². The maximum Gasteiger partial charge on any atom is 0.287 e. The molecule has 6 heteroatoms. The van der Waals surface area contributed by atoms with Crippen molar-refractivity contribution in [2.45, 2.75) is 32.2 Å². The monoisotopic (exact) mass is 470 g/mol. The molecule has 0 radical (unpaired) electrons. The molecular weight excluding hydrogens is 444 g/mol. The SMILES string of the molecule is COc1ccc([C@@H](CNC(=O)c2oc3cc(Br)ccc3c2C)N2CCCCC2)cc1. The summed E-state index contributed by atoms with van der Waals surface area (Å²) in [5.41, 5.74) is 2.77. The lowest BCUT2D eigenvalue weighted by Crippen LogP contribution is -2.40. The highest BCUT2D eigenvalue weighted by molar-refractivity contribution is 9.10. The van der Waals surface area contributed by atoms with Crippen LogP contribution < -0.4 is 10.1 Å². The van der Waals surface area contributed by atoms with Gasteiger partial charge in [0.2, 0.25) is 0 Å². The van der Waals surface area contributed by atoms with Gasteiger partial charge in [0.1, 0.15) is 11.3 Å². The molecule has 2 heterocycles. The molecule has 0 spiro atoms. The Labute approximate surface area is 185 Å². The molecule has 1 atom stereocenters. The maximum atomic E-state index is 13.0. The Bertz CT molecular complexity index is 1020. The summed E-state index contributed by atoms with van der Waals surface area (Å²) in [5, 5.41) is 4.09. The molecule has 1 fully saturated rings. The van der Waals surface area contributed by atoms with Crippen molar-refractivity contribution in [1.82, 2.24) is 10.2 Å². The molecule has 1 amide bonds. The molecule has 1 aliphatic rings. The van der Waals surface area contributed by atoms with E-state index < -0.39 is 0 Å². The van der Waals surface area contributed by atoms with E-state index in [1.54, 1.807) is 7.11 Å². The van der Waals surface area contributed by atoms with Gasteiger partial charge in [0.15, 0.2) is 5.76 Å². The molecule has 158 valence electrons. The number of piperidine rings is 1. The first-order valence-corrected chi connectivity index (χ1v) is 11.2. The Morgan fingerprint density at radius 1 is 1.17 bits per heavy atom. The number of likely N-dealkylation sites (tertiary alicyclic amines) is 1. The maximum absolute atomic E-state index is 13.0. The zero-order chi connectivity index (χ0) is 21.1. The molecule has 0 bridgehead atoms. The lowest BCUT2D eigenvalue weighted by Gasteiger charge is -2.35. The number of rotatable bonds is 6. The van der Waals surface area contributed by atoms with Crippen molar-refractivity contribution in [3.63, 3.8) is 0 Å². The van der Waals surface area contributed by atoms with Crippen LogP contribution in [-0.2, 0) is 0 Å². The molecule has 0 unspecified atom stereocenters. The average Bonchev–Trinajstić information content (AvgIpc) is 3.10. The van der Waals surface area contributed by atoms with Gasteiger partial charge in [-0.1, -0.05) is 34.5 Å². The molecule has 1 aliphatic heterocycles. The van der Waals surface area contributed by atoms with Gasteiger partial charge in [-0.3, -0.25) is 9.69 Å². The van der Waals surface area contributed by atoms with E-state index in [0.29, 0.717) is 12.3 Å². The Hall–Kier alpha value is -2.31. The quantitative estimate of drug-likeness (QED) is 0.518. The van der Waals surface area contributed by atoms with Crippen LogP contribution in [0.5, 0.6) is 5.75 Å². The molecule has 1 saturated heterocycles. The second-order valence-corrected chi connectivity index (χ2v) is 8.71. The molecule has 2 aromatic carbocycles. The third-order valence-corrected chi connectivity index (χ3v) is 6.39. The number of nitrogens with one attached hydrogen (secondary N) is 1. The Morgan fingerprint density at radius 2 is 1.90 bits per heavy atom. The average molecular weight is 471 g/mol. The van der Waals surface area contributed by atoms with E-state index in [0.717, 1.165) is 39.8 Å². The summed E-state index contributed by atoms with van der Waals surface area (Å²) in [4.78, 5) is 15.5. The van der Waals surface area contributed by atoms with E-state index in [-0.39, 0.29) is 11.9 Å². The largest absolute Gasteiger partial charge is 0.497 e. The molecule has 1 aromatic heterocycles. The number of furan rings is 1. The first-order valence-electron chi connectivity index (χ1n) is 10.4. The number of hydrogen-bond donors (Lipinski definition) is 1. The van der Waals surface area contributed by atoms with E-state index in [1.165, 1.54) is 24.8 Å². The number of aryl methyl sites for hydroxylation is 1. The number of benzene rings is 2. The number of amides is 1. The van der Waals surface area contributed by atoms with Gasteiger partial charge in [0.05, 0.1) is 13.2 Å². The van der Waals surface area contributed by atoms with Crippen molar-refractivity contribution in [2.75, 3.05) is 26.7 Å². The summed E-state index contributed by atoms with van der Waals surface area (Å²) in [6.07, 6.45) is 3.66. The van der Waals surface area contributed by atoms with Crippen molar-refractivity contribution < 1.29 is 13.9 Å². The molecule has 0 saturated carbocycles. The number of methoxy groups -OCH3 is 1. The van der Waals surface area contributed by atoms with E-state index >= 15 is 0 Å². The second-order valence-electron chi connectivity index (χ2n) is 7.79. The highest BCUT2D eigenvalue weighted by Gasteiger charge is 2.25. The number of carbonyl (C=O) groups is 1. The summed E-state index contributed by atoms with van der Waals surface area (Å²) in [5.74, 6) is 1.05. The fourth-order valence-corrected chi connectivity index (χ4v) is 4.54. The minimum atomic E-state index is -0.171. The van der Waals surface area contributed by atoms with Crippen LogP contribution in [0.4, 0.5) is 0 Å². The zero-order valence-electron chi connectivity index (χ0n) is 17.4. The number of hydrogen-bond acceptors (Lipinski definition) is 4. The molecule has 1 N–H and O–H groups in total. The Kier molecular flexibility index (Phi) is 6.44. The van der Waals surface area contributed by atoms with Crippen LogP contribution in [-0.4, -0.2) is 37.6 Å². The van der Waals surface area contributed by atoms with Crippen molar-refractivity contribution in [2.24, 2.45) is 0 Å². The van der Waals surface area contributed by atoms with Crippen molar-refractivity contribution in [3.8, 4) is 5.75 Å². The third kappa shape index (κ3) is 4.40. The van der Waals surface area contributed by atoms with Gasteiger partial charge in [-0.25, -0.2) is 0 Å². The first kappa shape index (κ1) is 20.9. The molecule has 3 aromatic rings. The normalized spacial score (nSPS) is 15.8. The predicted molar refractivity (Wildman–Crippen MR) is 122 cm³/mol. The minimum absolute atomic E-state index is 0.124. The third-order valence-electron chi connectivity index (χ3n) is 5.89. The van der Waals surface area contributed by atoms with Gasteiger partial charge in [0.25, 0.3) is 5.91 Å². The molecule has 30 heavy (non-hydrogen) atoms. The Morgan fingerprint density at radius 3 is 2.60 bits per heavy atom. The number of halogens is 1. The number of carbonyl (C=O) groups excluding carboxylic acids is 1. The van der Waals surface area contributed by atoms with Crippen LogP contribution in [0.3, 0.4) is 0 Å². The molecular formula is C24H27BrN2O3. The van der Waals surface area contributed by atoms with Crippen LogP contribution in [0.2, 0.25) is 0 Å². The van der Waals surface area contributed by atoms with Gasteiger partial charge in [-0.2, -0.15) is 0 Å². The second kappa shape index (κ2) is 9.23. The summed E-state index contributed by atoms with van der Waals surface area (Å²) in [7, 11) is 1.67. The van der Waals surface area contributed by atoms with E-state index in [4.69, 9.17) is 9.15 Å². The summed E-state index contributed by atoms with van der Waals surface area (Å²) in [6, 6.07) is 14.1. The zero-order valence-corrected chi connectivity index (χ0v) is 19.0. The highest BCUT2D eigenvalue weighted by atomic mass is 79.9. The Balaban J connectivity index is 1.54. The standard InChI is InChI=1S/C24H27BrN2O3/c1-16-20-11-8-18(25)14-22(20)30-23(16)24(28)26-15-21(27-12-4-3-5-13-27)17-6-9-19(29-2)10-7-17/h6-11,14,21H,3-5,12-13,15H2,1-2H3,(H,26,28)/t21-/m1/s1. The summed E-state index contributed by atoms with van der Waals surface area (Å²) in [6.45, 7) is 4.56. The van der Waals surface area contributed by atoms with Crippen molar-refractivity contribution >= 4 is 32.8 Å². The highest BCUT2D eigenvalue weighted by Crippen LogP contribution is 2.29. The van der Waals surface area contributed by atoms with Crippen molar-refractivity contribution in [1.29, 1.82) is 0 Å². The van der Waals surface area contributed by atoms with Crippen LogP contribution in [0.1, 0.15) is 47.0 Å². The van der Waals surface area contributed by atoms with Gasteiger partial charge in [-0.15, -0.1) is 0 Å². The van der Waals surface area contributed by atoms with E-state index in [1.807, 2.05) is 37.3 Å². The number of nitrogens with zero attached hydrogens (tertiary/aromatic N) is 1. The van der Waals surface area contributed by atoms with Crippen LogP contribution >= 0.6 is 15.9 Å². The smallest absolute Gasteiger partial charge is 0.287 e. The molecule has 5 nitrogen and oxygen atoms in total.